The highest BCUT2D eigenvalue weighted by molar-refractivity contribution is 6.34. The lowest BCUT2D eigenvalue weighted by Gasteiger charge is -2.32. The Hall–Kier alpha value is -1.48. The Morgan fingerprint density at radius 3 is 3.00 bits per heavy atom. The predicted molar refractivity (Wildman–Crippen MR) is 75.8 cm³/mol. The Bertz CT molecular complexity index is 473. The molecule has 18 heavy (non-hydrogen) atoms. The summed E-state index contributed by atoms with van der Waals surface area (Å²) in [5.41, 5.74) is 7.03. The fourth-order valence-electron chi connectivity index (χ4n) is 2.35. The Labute approximate surface area is 112 Å². The van der Waals surface area contributed by atoms with Gasteiger partial charge in [-0.15, -0.1) is 6.58 Å². The molecule has 1 amide bonds. The molecule has 0 bridgehead atoms. The van der Waals surface area contributed by atoms with Crippen LogP contribution in [-0.4, -0.2) is 12.5 Å². The monoisotopic (exact) mass is 264 g/mol. The van der Waals surface area contributed by atoms with Crippen molar-refractivity contribution >= 4 is 28.9 Å². The summed E-state index contributed by atoms with van der Waals surface area (Å²) < 4.78 is 0. The molecule has 1 aromatic carbocycles. The maximum atomic E-state index is 12.3. The molecule has 0 aromatic heterocycles. The fraction of sp³-hybridized carbons (Fsp3) is 0.357. The van der Waals surface area contributed by atoms with Crippen LogP contribution >= 0.6 is 11.6 Å². The Kier molecular flexibility index (Phi) is 3.92. The van der Waals surface area contributed by atoms with Gasteiger partial charge in [-0.1, -0.05) is 17.7 Å². The zero-order valence-corrected chi connectivity index (χ0v) is 11.0. The molecule has 1 atom stereocenters. The van der Waals surface area contributed by atoms with Crippen LogP contribution in [-0.2, 0) is 4.79 Å². The van der Waals surface area contributed by atoms with E-state index in [2.05, 4.69) is 6.58 Å². The van der Waals surface area contributed by atoms with Crippen molar-refractivity contribution in [3.63, 3.8) is 0 Å². The highest BCUT2D eigenvalue weighted by atomic mass is 35.5. The SMILES string of the molecule is C=CCC1CCCN(c2ccc(N)cc2Cl)C1=O. The number of allylic oxidation sites excluding steroid dienone is 1. The van der Waals surface area contributed by atoms with Crippen LogP contribution in [0.2, 0.25) is 5.02 Å². The second kappa shape index (κ2) is 5.44. The van der Waals surface area contributed by atoms with E-state index in [1.807, 2.05) is 6.07 Å². The van der Waals surface area contributed by atoms with Gasteiger partial charge in [-0.25, -0.2) is 0 Å². The normalized spacial score (nSPS) is 19.9. The van der Waals surface area contributed by atoms with Crippen molar-refractivity contribution in [3.05, 3.63) is 35.9 Å². The van der Waals surface area contributed by atoms with Gasteiger partial charge < -0.3 is 10.6 Å². The first-order chi connectivity index (χ1) is 8.63. The number of carbonyl (C=O) groups is 1. The highest BCUT2D eigenvalue weighted by Crippen LogP contribution is 2.32. The van der Waals surface area contributed by atoms with E-state index in [0.717, 1.165) is 31.5 Å². The number of nitrogens with two attached hydrogens (primary N) is 1. The van der Waals surface area contributed by atoms with E-state index in [1.54, 1.807) is 23.1 Å². The standard InChI is InChI=1S/C14H17ClN2O/c1-2-4-10-5-3-8-17(14(10)18)13-7-6-11(16)9-12(13)15/h2,6-7,9-10H,1,3-5,8,16H2. The fourth-order valence-corrected chi connectivity index (χ4v) is 2.64. The molecule has 0 saturated carbocycles. The predicted octanol–water partition coefficient (Wildman–Crippen LogP) is 3.24. The average molecular weight is 265 g/mol. The molecular weight excluding hydrogens is 248 g/mol. The van der Waals surface area contributed by atoms with Crippen molar-refractivity contribution in [1.82, 2.24) is 0 Å². The molecule has 2 N–H and O–H groups in total. The number of hydrogen-bond donors (Lipinski definition) is 1. The van der Waals surface area contributed by atoms with E-state index < -0.39 is 0 Å². The molecule has 1 aromatic rings. The summed E-state index contributed by atoms with van der Waals surface area (Å²) >= 11 is 6.16. The smallest absolute Gasteiger partial charge is 0.230 e. The van der Waals surface area contributed by atoms with Gasteiger partial charge in [-0.2, -0.15) is 0 Å². The van der Waals surface area contributed by atoms with Gasteiger partial charge in [0.2, 0.25) is 5.91 Å². The van der Waals surface area contributed by atoms with Crippen LogP contribution in [0.15, 0.2) is 30.9 Å². The van der Waals surface area contributed by atoms with Crippen molar-refractivity contribution < 1.29 is 4.79 Å². The topological polar surface area (TPSA) is 46.3 Å². The van der Waals surface area contributed by atoms with Gasteiger partial charge in [0.25, 0.3) is 0 Å². The number of hydrogen-bond acceptors (Lipinski definition) is 2. The number of amides is 1. The third-order valence-electron chi connectivity index (χ3n) is 3.26. The van der Waals surface area contributed by atoms with Crippen molar-refractivity contribution in [2.45, 2.75) is 19.3 Å². The van der Waals surface area contributed by atoms with Crippen molar-refractivity contribution in [1.29, 1.82) is 0 Å². The zero-order chi connectivity index (χ0) is 13.1. The first kappa shape index (κ1) is 13.0. The number of anilines is 2. The van der Waals surface area contributed by atoms with E-state index in [-0.39, 0.29) is 11.8 Å². The second-order valence-electron chi connectivity index (χ2n) is 4.56. The highest BCUT2D eigenvalue weighted by Gasteiger charge is 2.29. The minimum Gasteiger partial charge on any atom is -0.399 e. The zero-order valence-electron chi connectivity index (χ0n) is 10.2. The van der Waals surface area contributed by atoms with Crippen LogP contribution in [0.25, 0.3) is 0 Å². The Balaban J connectivity index is 2.26. The first-order valence-corrected chi connectivity index (χ1v) is 6.48. The summed E-state index contributed by atoms with van der Waals surface area (Å²) in [4.78, 5) is 14.1. The Morgan fingerprint density at radius 1 is 1.56 bits per heavy atom. The molecule has 1 aliphatic heterocycles. The third kappa shape index (κ3) is 2.51. The van der Waals surface area contributed by atoms with Gasteiger partial charge in [0.15, 0.2) is 0 Å². The molecule has 3 nitrogen and oxygen atoms in total. The van der Waals surface area contributed by atoms with E-state index in [4.69, 9.17) is 17.3 Å². The van der Waals surface area contributed by atoms with Crippen LogP contribution in [0.3, 0.4) is 0 Å². The maximum Gasteiger partial charge on any atom is 0.230 e. The number of nitrogens with zero attached hydrogens (tertiary/aromatic N) is 1. The third-order valence-corrected chi connectivity index (χ3v) is 3.57. The van der Waals surface area contributed by atoms with Gasteiger partial charge in [0, 0.05) is 18.2 Å². The molecule has 1 aliphatic rings. The lowest BCUT2D eigenvalue weighted by molar-refractivity contribution is -0.123. The molecule has 0 aliphatic carbocycles. The molecule has 0 spiro atoms. The summed E-state index contributed by atoms with van der Waals surface area (Å²) in [7, 11) is 0. The van der Waals surface area contributed by atoms with Crippen molar-refractivity contribution in [3.8, 4) is 0 Å². The van der Waals surface area contributed by atoms with Crippen LogP contribution in [0.5, 0.6) is 0 Å². The molecule has 1 unspecified atom stereocenters. The first-order valence-electron chi connectivity index (χ1n) is 6.10. The van der Waals surface area contributed by atoms with Crippen molar-refractivity contribution in [2.75, 3.05) is 17.2 Å². The minimum absolute atomic E-state index is 0.0323. The molecule has 1 heterocycles. The van der Waals surface area contributed by atoms with Crippen LogP contribution < -0.4 is 10.6 Å². The molecule has 96 valence electrons. The van der Waals surface area contributed by atoms with Gasteiger partial charge >= 0.3 is 0 Å². The van der Waals surface area contributed by atoms with E-state index in [1.165, 1.54) is 0 Å². The minimum atomic E-state index is 0.0323. The number of nitrogen functional groups attached to an aromatic ring is 1. The summed E-state index contributed by atoms with van der Waals surface area (Å²) in [5.74, 6) is 0.165. The van der Waals surface area contributed by atoms with Crippen LogP contribution in [0.1, 0.15) is 19.3 Å². The van der Waals surface area contributed by atoms with E-state index in [9.17, 15) is 4.79 Å². The van der Waals surface area contributed by atoms with Crippen LogP contribution in [0.4, 0.5) is 11.4 Å². The summed E-state index contributed by atoms with van der Waals surface area (Å²) in [6.45, 7) is 4.42. The molecule has 0 radical (unpaired) electrons. The van der Waals surface area contributed by atoms with Crippen LogP contribution in [0, 0.1) is 5.92 Å². The summed E-state index contributed by atoms with van der Waals surface area (Å²) in [5, 5.41) is 0.530. The number of halogens is 1. The number of benzene rings is 1. The lowest BCUT2D eigenvalue weighted by atomic mass is 9.93. The average Bonchev–Trinajstić information content (AvgIpc) is 2.33. The van der Waals surface area contributed by atoms with Crippen molar-refractivity contribution in [2.24, 2.45) is 5.92 Å². The largest absolute Gasteiger partial charge is 0.399 e. The maximum absolute atomic E-state index is 12.3. The second-order valence-corrected chi connectivity index (χ2v) is 4.97. The summed E-state index contributed by atoms with van der Waals surface area (Å²) in [6.07, 6.45) is 4.44. The molecular formula is C14H17ClN2O. The molecule has 1 fully saturated rings. The lowest BCUT2D eigenvalue weighted by Crippen LogP contribution is -2.41. The van der Waals surface area contributed by atoms with Gasteiger partial charge in [0.05, 0.1) is 10.7 Å². The van der Waals surface area contributed by atoms with Gasteiger partial charge in [-0.05, 0) is 37.5 Å². The number of piperidine rings is 1. The number of rotatable bonds is 3. The van der Waals surface area contributed by atoms with Gasteiger partial charge in [0.1, 0.15) is 0 Å². The quantitative estimate of drug-likeness (QED) is 0.673. The molecule has 4 heteroatoms. The van der Waals surface area contributed by atoms with Gasteiger partial charge in [-0.3, -0.25) is 4.79 Å². The summed E-state index contributed by atoms with van der Waals surface area (Å²) in [6, 6.07) is 5.26. The molecule has 1 saturated heterocycles. The number of carbonyl (C=O) groups excluding carboxylic acids is 1. The Morgan fingerprint density at radius 2 is 2.33 bits per heavy atom. The molecule has 2 rings (SSSR count). The van der Waals surface area contributed by atoms with E-state index in [0.29, 0.717) is 10.7 Å². The van der Waals surface area contributed by atoms with E-state index >= 15 is 0 Å².